The molecule has 0 saturated carbocycles. The quantitative estimate of drug-likeness (QED) is 0.346. The van der Waals surface area contributed by atoms with E-state index in [9.17, 15) is 9.59 Å². The van der Waals surface area contributed by atoms with Crippen LogP contribution in [0.1, 0.15) is 20.7 Å². The van der Waals surface area contributed by atoms with Crippen molar-refractivity contribution >= 4 is 22.8 Å². The number of benzene rings is 2. The third-order valence-corrected chi connectivity index (χ3v) is 4.57. The van der Waals surface area contributed by atoms with Gasteiger partial charge in [0.05, 0.1) is 24.7 Å². The molecule has 0 unspecified atom stereocenters. The van der Waals surface area contributed by atoms with Gasteiger partial charge in [-0.15, -0.1) is 5.10 Å². The fourth-order valence-corrected chi connectivity index (χ4v) is 3.03. The molecule has 0 saturated heterocycles. The third-order valence-electron chi connectivity index (χ3n) is 4.57. The number of carbonyl (C=O) groups is 2. The Kier molecular flexibility index (Phi) is 5.47. The van der Waals surface area contributed by atoms with Crippen molar-refractivity contribution in [1.29, 1.82) is 0 Å². The van der Waals surface area contributed by atoms with Gasteiger partial charge >= 0.3 is 5.97 Å². The average Bonchev–Trinajstić information content (AvgIpc) is 3.21. The number of pyridine rings is 1. The molecule has 2 aromatic carbocycles. The second kappa shape index (κ2) is 8.52. The maximum atomic E-state index is 13.2. The first-order chi connectivity index (χ1) is 14.7. The van der Waals surface area contributed by atoms with Gasteiger partial charge in [-0.05, 0) is 36.4 Å². The van der Waals surface area contributed by atoms with Crippen LogP contribution in [-0.2, 0) is 11.3 Å². The second-order valence-electron chi connectivity index (χ2n) is 6.49. The lowest BCUT2D eigenvalue weighted by Gasteiger charge is -2.17. The number of ether oxygens (including phenoxy) is 2. The largest absolute Gasteiger partial charge is 0.497 e. The number of Topliss-reactive ketones (excluding diaryl/α,β-unsaturated/α-hetero) is 1. The smallest absolute Gasteiger partial charge is 0.339 e. The summed E-state index contributed by atoms with van der Waals surface area (Å²) in [5.41, 5.74) is 2.09. The zero-order valence-corrected chi connectivity index (χ0v) is 16.1. The maximum Gasteiger partial charge on any atom is 0.339 e. The minimum atomic E-state index is -1.11. The Labute approximate surface area is 172 Å². The molecule has 8 nitrogen and oxygen atoms in total. The number of esters is 1. The maximum absolute atomic E-state index is 13.2. The Morgan fingerprint density at radius 1 is 1.00 bits per heavy atom. The number of carbonyl (C=O) groups excluding carboxylic acids is 2. The van der Waals surface area contributed by atoms with E-state index in [1.54, 1.807) is 28.9 Å². The van der Waals surface area contributed by atoms with Crippen LogP contribution in [-0.4, -0.2) is 44.9 Å². The first-order valence-corrected chi connectivity index (χ1v) is 9.23. The van der Waals surface area contributed by atoms with Gasteiger partial charge in [0.1, 0.15) is 11.3 Å². The molecule has 0 fully saturated rings. The highest BCUT2D eigenvalue weighted by Crippen LogP contribution is 2.18. The molecule has 0 radical (unpaired) electrons. The number of ketones is 1. The van der Waals surface area contributed by atoms with E-state index in [4.69, 9.17) is 9.47 Å². The van der Waals surface area contributed by atoms with Crippen molar-refractivity contribution in [3.8, 4) is 5.75 Å². The molecule has 4 aromatic rings. The van der Waals surface area contributed by atoms with Gasteiger partial charge in [0.15, 0.2) is 6.10 Å². The van der Waals surface area contributed by atoms with Crippen molar-refractivity contribution in [3.05, 3.63) is 84.2 Å². The van der Waals surface area contributed by atoms with Crippen molar-refractivity contribution in [2.45, 2.75) is 12.6 Å². The van der Waals surface area contributed by atoms with Crippen molar-refractivity contribution in [1.82, 2.24) is 20.0 Å². The highest BCUT2D eigenvalue weighted by molar-refractivity contribution is 6.02. The minimum Gasteiger partial charge on any atom is -0.497 e. The number of aromatic nitrogens is 4. The Balaban J connectivity index is 1.66. The van der Waals surface area contributed by atoms with Crippen LogP contribution in [0, 0.1) is 0 Å². The number of hydrogen-bond acceptors (Lipinski definition) is 7. The number of fused-ring (bicyclic) bond motifs is 1. The average molecular weight is 402 g/mol. The summed E-state index contributed by atoms with van der Waals surface area (Å²) in [5.74, 6) is -0.453. The summed E-state index contributed by atoms with van der Waals surface area (Å²) in [4.78, 5) is 29.8. The molecule has 0 aliphatic heterocycles. The standard InChI is InChI=1S/C22H18N4O4/c1-29-17-6-4-5-16(13-17)21(27)20(30-22(28)15-9-11-23-12-10-15)14-26-19-8-3-2-7-18(19)24-25-26/h2-13,20H,14H2,1H3/t20-/m1/s1. The number of methoxy groups -OCH3 is 1. The third kappa shape index (κ3) is 4.02. The summed E-state index contributed by atoms with van der Waals surface area (Å²) >= 11 is 0. The highest BCUT2D eigenvalue weighted by atomic mass is 16.5. The summed E-state index contributed by atoms with van der Waals surface area (Å²) in [6.07, 6.45) is 1.86. The molecule has 2 aromatic heterocycles. The molecular weight excluding hydrogens is 384 g/mol. The molecule has 8 heteroatoms. The van der Waals surface area contributed by atoms with E-state index in [1.807, 2.05) is 24.3 Å². The number of para-hydroxylation sites is 1. The normalized spacial score (nSPS) is 11.8. The Morgan fingerprint density at radius 3 is 2.60 bits per heavy atom. The van der Waals surface area contributed by atoms with Crippen LogP contribution in [0.2, 0.25) is 0 Å². The Morgan fingerprint density at radius 2 is 1.80 bits per heavy atom. The number of hydrogen-bond donors (Lipinski definition) is 0. The summed E-state index contributed by atoms with van der Waals surface area (Å²) < 4.78 is 12.4. The van der Waals surface area contributed by atoms with Gasteiger partial charge in [-0.1, -0.05) is 29.5 Å². The molecule has 0 bridgehead atoms. The Bertz CT molecular complexity index is 1190. The summed E-state index contributed by atoms with van der Waals surface area (Å²) in [5, 5.41) is 8.21. The Hall–Kier alpha value is -4.07. The molecular formula is C22H18N4O4. The first-order valence-electron chi connectivity index (χ1n) is 9.23. The lowest BCUT2D eigenvalue weighted by molar-refractivity contribution is 0.0244. The first kappa shape index (κ1) is 19.3. The van der Waals surface area contributed by atoms with Crippen molar-refractivity contribution < 1.29 is 19.1 Å². The molecule has 0 spiro atoms. The summed E-state index contributed by atoms with van der Waals surface area (Å²) in [6, 6.07) is 17.1. The predicted molar refractivity (Wildman–Crippen MR) is 108 cm³/mol. The zero-order valence-electron chi connectivity index (χ0n) is 16.1. The monoisotopic (exact) mass is 402 g/mol. The van der Waals surface area contributed by atoms with E-state index < -0.39 is 12.1 Å². The van der Waals surface area contributed by atoms with Gasteiger partial charge in [-0.25, -0.2) is 9.48 Å². The van der Waals surface area contributed by atoms with Gasteiger partial charge in [-0.3, -0.25) is 9.78 Å². The lowest BCUT2D eigenvalue weighted by Crippen LogP contribution is -2.32. The fraction of sp³-hybridized carbons (Fsp3) is 0.136. The van der Waals surface area contributed by atoms with Gasteiger partial charge in [0.2, 0.25) is 5.78 Å². The highest BCUT2D eigenvalue weighted by Gasteiger charge is 2.27. The van der Waals surface area contributed by atoms with Gasteiger partial charge in [0, 0.05) is 18.0 Å². The SMILES string of the molecule is COc1cccc(C(=O)[C@@H](Cn2nnc3ccccc32)OC(=O)c2ccncc2)c1. The van der Waals surface area contributed by atoms with Crippen LogP contribution in [0.15, 0.2) is 73.1 Å². The number of rotatable bonds is 7. The van der Waals surface area contributed by atoms with Gasteiger partial charge < -0.3 is 9.47 Å². The molecule has 0 N–H and O–H groups in total. The van der Waals surface area contributed by atoms with Crippen LogP contribution in [0.5, 0.6) is 5.75 Å². The minimum absolute atomic E-state index is 0.0212. The van der Waals surface area contributed by atoms with Crippen LogP contribution in [0.25, 0.3) is 11.0 Å². The van der Waals surface area contributed by atoms with E-state index >= 15 is 0 Å². The fourth-order valence-electron chi connectivity index (χ4n) is 3.03. The molecule has 4 rings (SSSR count). The lowest BCUT2D eigenvalue weighted by atomic mass is 10.1. The molecule has 0 aliphatic carbocycles. The van der Waals surface area contributed by atoms with E-state index in [0.717, 1.165) is 5.52 Å². The molecule has 1 atom stereocenters. The molecule has 150 valence electrons. The van der Waals surface area contributed by atoms with E-state index in [-0.39, 0.29) is 12.3 Å². The molecule has 2 heterocycles. The second-order valence-corrected chi connectivity index (χ2v) is 6.49. The molecule has 0 aliphatic rings. The molecule has 30 heavy (non-hydrogen) atoms. The zero-order chi connectivity index (χ0) is 20.9. The topological polar surface area (TPSA) is 96.2 Å². The van der Waals surface area contributed by atoms with Crippen LogP contribution in [0.3, 0.4) is 0 Å². The summed E-state index contributed by atoms with van der Waals surface area (Å²) in [7, 11) is 1.52. The van der Waals surface area contributed by atoms with E-state index in [2.05, 4.69) is 15.3 Å². The van der Waals surface area contributed by atoms with Crippen LogP contribution >= 0.6 is 0 Å². The molecule has 0 amide bonds. The van der Waals surface area contributed by atoms with E-state index in [1.165, 1.54) is 31.6 Å². The predicted octanol–water partition coefficient (Wildman–Crippen LogP) is 2.94. The van der Waals surface area contributed by atoms with Crippen molar-refractivity contribution in [3.63, 3.8) is 0 Å². The van der Waals surface area contributed by atoms with Crippen LogP contribution in [0.4, 0.5) is 0 Å². The number of nitrogens with zero attached hydrogens (tertiary/aromatic N) is 4. The summed E-state index contributed by atoms with van der Waals surface area (Å²) in [6.45, 7) is 0.0212. The van der Waals surface area contributed by atoms with Gasteiger partial charge in [0.25, 0.3) is 0 Å². The van der Waals surface area contributed by atoms with Crippen molar-refractivity contribution in [2.24, 2.45) is 0 Å². The van der Waals surface area contributed by atoms with Crippen molar-refractivity contribution in [2.75, 3.05) is 7.11 Å². The van der Waals surface area contributed by atoms with Crippen LogP contribution < -0.4 is 4.74 Å². The van der Waals surface area contributed by atoms with Gasteiger partial charge in [-0.2, -0.15) is 0 Å². The van der Waals surface area contributed by atoms with E-state index in [0.29, 0.717) is 22.4 Å².